The van der Waals surface area contributed by atoms with Gasteiger partial charge in [0.05, 0.1) is 20.4 Å². The van der Waals surface area contributed by atoms with Crippen molar-refractivity contribution in [1.82, 2.24) is 0 Å². The van der Waals surface area contributed by atoms with Crippen LogP contribution in [0.4, 0.5) is 0 Å². The molecule has 0 rings (SSSR count). The molecule has 0 spiro atoms. The molecule has 66 valence electrons. The first kappa shape index (κ1) is 10.7. The molecule has 4 heteroatoms. The van der Waals surface area contributed by atoms with E-state index in [1.807, 2.05) is 13.8 Å². The molecule has 0 radical (unpaired) electrons. The zero-order chi connectivity index (χ0) is 9.07. The van der Waals surface area contributed by atoms with Crippen molar-refractivity contribution in [3.8, 4) is 0 Å². The average molecular weight is 178 g/mol. The van der Waals surface area contributed by atoms with Crippen LogP contribution in [0.5, 0.6) is 0 Å². The summed E-state index contributed by atoms with van der Waals surface area (Å²) in [7, 11) is -1.00. The van der Waals surface area contributed by atoms with Gasteiger partial charge in [0.2, 0.25) is 0 Å². The highest BCUT2D eigenvalue weighted by molar-refractivity contribution is 7.64. The Kier molecular flexibility index (Phi) is 3.81. The minimum Gasteiger partial charge on any atom is -0.469 e. The second-order valence-corrected chi connectivity index (χ2v) is 6.70. The van der Waals surface area contributed by atoms with Gasteiger partial charge in [-0.1, -0.05) is 13.8 Å². The Balaban J connectivity index is 4.14. The summed E-state index contributed by atoms with van der Waals surface area (Å²) < 4.78 is 16.0. The van der Waals surface area contributed by atoms with E-state index < -0.39 is 7.14 Å². The van der Waals surface area contributed by atoms with Crippen molar-refractivity contribution >= 4 is 13.1 Å². The number of ether oxygens (including phenoxy) is 1. The van der Waals surface area contributed by atoms with E-state index in [-0.39, 0.29) is 17.8 Å². The number of rotatable bonds is 3. The quantitative estimate of drug-likeness (QED) is 0.486. The van der Waals surface area contributed by atoms with E-state index in [0.29, 0.717) is 0 Å². The monoisotopic (exact) mass is 178 g/mol. The van der Waals surface area contributed by atoms with Crippen LogP contribution in [0.25, 0.3) is 0 Å². The molecule has 0 N–H and O–H groups in total. The molecule has 3 nitrogen and oxygen atoms in total. The standard InChI is InChI=1S/C7H15O3P/c1-6(2)11(4,9)5-7(8)10-3/h6H,5H2,1-4H3/t11-/m1/s1. The lowest BCUT2D eigenvalue weighted by molar-refractivity contribution is -0.137. The SMILES string of the molecule is COC(=O)C[P@@](C)(=O)C(C)C. The third kappa shape index (κ3) is 3.57. The van der Waals surface area contributed by atoms with Crippen LogP contribution in [-0.4, -0.2) is 31.6 Å². The number of hydrogen-bond acceptors (Lipinski definition) is 3. The molecule has 0 fully saturated rings. The smallest absolute Gasteiger partial charge is 0.312 e. The molecule has 11 heavy (non-hydrogen) atoms. The van der Waals surface area contributed by atoms with E-state index in [1.165, 1.54) is 7.11 Å². The van der Waals surface area contributed by atoms with Crippen molar-refractivity contribution < 1.29 is 14.1 Å². The van der Waals surface area contributed by atoms with E-state index in [2.05, 4.69) is 4.74 Å². The summed E-state index contributed by atoms with van der Waals surface area (Å²) in [6.07, 6.45) is 0.0567. The maximum absolute atomic E-state index is 11.6. The predicted octanol–water partition coefficient (Wildman–Crippen LogP) is 1.56. The van der Waals surface area contributed by atoms with E-state index in [0.717, 1.165) is 0 Å². The van der Waals surface area contributed by atoms with Crippen LogP contribution < -0.4 is 0 Å². The Morgan fingerprint density at radius 3 is 2.27 bits per heavy atom. The molecule has 0 aliphatic carbocycles. The normalized spacial score (nSPS) is 16.1. The van der Waals surface area contributed by atoms with Gasteiger partial charge in [-0.25, -0.2) is 0 Å². The van der Waals surface area contributed by atoms with Gasteiger partial charge in [-0.3, -0.25) is 4.79 Å². The van der Waals surface area contributed by atoms with Crippen LogP contribution in [0, 0.1) is 0 Å². The minimum absolute atomic E-state index is 0.0567. The fourth-order valence-corrected chi connectivity index (χ4v) is 1.51. The molecule has 0 amide bonds. The predicted molar refractivity (Wildman–Crippen MR) is 45.5 cm³/mol. The Morgan fingerprint density at radius 2 is 2.00 bits per heavy atom. The van der Waals surface area contributed by atoms with Crippen molar-refractivity contribution in [3.05, 3.63) is 0 Å². The van der Waals surface area contributed by atoms with E-state index in [1.54, 1.807) is 6.66 Å². The Hall–Kier alpha value is -0.300. The zero-order valence-corrected chi connectivity index (χ0v) is 8.35. The maximum atomic E-state index is 11.6. The summed E-state index contributed by atoms with van der Waals surface area (Å²) >= 11 is 0. The first-order valence-corrected chi connectivity index (χ1v) is 5.94. The number of methoxy groups -OCH3 is 1. The summed E-state index contributed by atoms with van der Waals surface area (Å²) in [5.74, 6) is -0.385. The third-order valence-electron chi connectivity index (χ3n) is 1.76. The molecular formula is C7H15O3P. The fourth-order valence-electron chi connectivity index (χ4n) is 0.503. The van der Waals surface area contributed by atoms with Crippen molar-refractivity contribution in [2.75, 3.05) is 19.9 Å². The number of carbonyl (C=O) groups is 1. The van der Waals surface area contributed by atoms with Gasteiger partial charge in [0.25, 0.3) is 0 Å². The largest absolute Gasteiger partial charge is 0.469 e. The molecule has 0 aromatic rings. The number of esters is 1. The second kappa shape index (κ2) is 3.91. The maximum Gasteiger partial charge on any atom is 0.312 e. The molecule has 1 atom stereocenters. The van der Waals surface area contributed by atoms with Gasteiger partial charge in [-0.2, -0.15) is 0 Å². The van der Waals surface area contributed by atoms with Gasteiger partial charge < -0.3 is 9.30 Å². The van der Waals surface area contributed by atoms with Crippen LogP contribution >= 0.6 is 7.14 Å². The fraction of sp³-hybridized carbons (Fsp3) is 0.857. The van der Waals surface area contributed by atoms with Crippen LogP contribution in [0.1, 0.15) is 13.8 Å². The Morgan fingerprint density at radius 1 is 1.55 bits per heavy atom. The average Bonchev–Trinajstić information content (AvgIpc) is 1.86. The second-order valence-electron chi connectivity index (χ2n) is 3.00. The van der Waals surface area contributed by atoms with Crippen molar-refractivity contribution in [2.24, 2.45) is 0 Å². The molecule has 0 bridgehead atoms. The van der Waals surface area contributed by atoms with E-state index in [9.17, 15) is 9.36 Å². The van der Waals surface area contributed by atoms with Gasteiger partial charge in [-0.05, 0) is 6.66 Å². The van der Waals surface area contributed by atoms with Gasteiger partial charge in [0.1, 0.15) is 0 Å². The summed E-state index contributed by atoms with van der Waals surface area (Å²) in [6, 6.07) is 0. The van der Waals surface area contributed by atoms with Crippen LogP contribution in [0.15, 0.2) is 0 Å². The molecule has 0 unspecified atom stereocenters. The van der Waals surface area contributed by atoms with Crippen LogP contribution in [0.2, 0.25) is 0 Å². The van der Waals surface area contributed by atoms with Crippen LogP contribution in [-0.2, 0) is 14.1 Å². The molecule has 0 saturated heterocycles. The van der Waals surface area contributed by atoms with Gasteiger partial charge in [0.15, 0.2) is 0 Å². The molecule has 0 saturated carbocycles. The van der Waals surface area contributed by atoms with Crippen molar-refractivity contribution in [3.63, 3.8) is 0 Å². The van der Waals surface area contributed by atoms with E-state index in [4.69, 9.17) is 0 Å². The van der Waals surface area contributed by atoms with Gasteiger partial charge >= 0.3 is 5.97 Å². The molecule has 0 aliphatic rings. The van der Waals surface area contributed by atoms with Gasteiger partial charge in [-0.15, -0.1) is 0 Å². The van der Waals surface area contributed by atoms with Gasteiger partial charge in [0, 0.05) is 5.66 Å². The highest BCUT2D eigenvalue weighted by atomic mass is 31.2. The Labute approximate surface area is 67.5 Å². The lowest BCUT2D eigenvalue weighted by Gasteiger charge is -2.14. The topological polar surface area (TPSA) is 43.4 Å². The number of carbonyl (C=O) groups excluding carboxylic acids is 1. The molecule has 0 heterocycles. The molecular weight excluding hydrogens is 163 g/mol. The number of hydrogen-bond donors (Lipinski definition) is 0. The lowest BCUT2D eigenvalue weighted by Crippen LogP contribution is -2.11. The van der Waals surface area contributed by atoms with Crippen molar-refractivity contribution in [1.29, 1.82) is 0 Å². The summed E-state index contributed by atoms with van der Waals surface area (Å²) in [6.45, 7) is 5.34. The highest BCUT2D eigenvalue weighted by Gasteiger charge is 2.23. The third-order valence-corrected chi connectivity index (χ3v) is 4.83. The first-order chi connectivity index (χ1) is 4.90. The molecule has 0 aromatic carbocycles. The zero-order valence-electron chi connectivity index (χ0n) is 7.46. The van der Waals surface area contributed by atoms with E-state index >= 15 is 0 Å². The van der Waals surface area contributed by atoms with Crippen LogP contribution in [0.3, 0.4) is 0 Å². The summed E-state index contributed by atoms with van der Waals surface area (Å²) in [4.78, 5) is 10.7. The first-order valence-electron chi connectivity index (χ1n) is 3.53. The summed E-state index contributed by atoms with van der Waals surface area (Å²) in [5, 5.41) is 0. The molecule has 0 aliphatic heterocycles. The Bertz CT molecular complexity index is 186. The van der Waals surface area contributed by atoms with Crippen molar-refractivity contribution in [2.45, 2.75) is 19.5 Å². The molecule has 0 aromatic heterocycles. The minimum atomic E-state index is -2.31. The lowest BCUT2D eigenvalue weighted by atomic mass is 10.6. The highest BCUT2D eigenvalue weighted by Crippen LogP contribution is 2.45. The summed E-state index contributed by atoms with van der Waals surface area (Å²) in [5.41, 5.74) is 0.0570.